The van der Waals surface area contributed by atoms with Gasteiger partial charge in [-0.1, -0.05) is 30.3 Å². The third kappa shape index (κ3) is 2.35. The van der Waals surface area contributed by atoms with Gasteiger partial charge >= 0.3 is 0 Å². The van der Waals surface area contributed by atoms with E-state index in [0.717, 1.165) is 33.3 Å². The Bertz CT molecular complexity index is 1360. The number of aliphatic hydroxyl groups is 1. The van der Waals surface area contributed by atoms with Crippen molar-refractivity contribution in [1.29, 1.82) is 0 Å². The maximum atomic E-state index is 14.9. The number of piperidine rings is 1. The van der Waals surface area contributed by atoms with E-state index in [-0.39, 0.29) is 5.75 Å². The van der Waals surface area contributed by atoms with Gasteiger partial charge in [0.25, 0.3) is 0 Å². The van der Waals surface area contributed by atoms with E-state index in [9.17, 15) is 14.6 Å². The summed E-state index contributed by atoms with van der Waals surface area (Å²) in [6.45, 7) is 7.05. The van der Waals surface area contributed by atoms with Gasteiger partial charge in [-0.3, -0.25) is 4.90 Å². The number of phenolic OH excluding ortho intramolecular Hbond substituents is 1. The molecule has 2 fully saturated rings. The average molecular weight is 461 g/mol. The number of rotatable bonds is 3. The van der Waals surface area contributed by atoms with Crippen LogP contribution in [-0.2, 0) is 11.8 Å². The van der Waals surface area contributed by atoms with Gasteiger partial charge in [-0.25, -0.2) is 4.39 Å². The predicted molar refractivity (Wildman–Crippen MR) is 128 cm³/mol. The summed E-state index contributed by atoms with van der Waals surface area (Å²) < 4.78 is 21.5. The molecule has 1 spiro atoms. The van der Waals surface area contributed by atoms with Gasteiger partial charge in [0.1, 0.15) is 11.3 Å². The van der Waals surface area contributed by atoms with Crippen molar-refractivity contribution in [1.82, 2.24) is 9.88 Å². The molecule has 3 heterocycles. The molecule has 1 aromatic heterocycles. The summed E-state index contributed by atoms with van der Waals surface area (Å²) in [5.74, 6) is 0.540. The van der Waals surface area contributed by atoms with Gasteiger partial charge in [0, 0.05) is 36.0 Å². The van der Waals surface area contributed by atoms with Crippen molar-refractivity contribution in [2.75, 3.05) is 13.1 Å². The minimum atomic E-state index is -1.29. The largest absolute Gasteiger partial charge is 0.504 e. The highest BCUT2D eigenvalue weighted by atomic mass is 19.1. The Labute approximate surface area is 197 Å². The first-order valence-electron chi connectivity index (χ1n) is 12.2. The maximum Gasteiger partial charge on any atom is 0.166 e. The number of hydrogen-bond donors (Lipinski definition) is 3. The molecule has 2 aliphatic heterocycles. The van der Waals surface area contributed by atoms with E-state index in [1.54, 1.807) is 12.1 Å². The van der Waals surface area contributed by atoms with Gasteiger partial charge in [-0.05, 0) is 49.4 Å². The lowest BCUT2D eigenvalue weighted by Crippen LogP contribution is -2.72. The van der Waals surface area contributed by atoms with Crippen LogP contribution in [-0.4, -0.2) is 50.5 Å². The number of nitrogens with one attached hydrogen (secondary N) is 1. The molecular weight excluding hydrogens is 431 g/mol. The fourth-order valence-electron chi connectivity index (χ4n) is 7.29. The van der Waals surface area contributed by atoms with Crippen LogP contribution in [0.15, 0.2) is 49.1 Å². The van der Waals surface area contributed by atoms with E-state index in [0.29, 0.717) is 44.5 Å². The van der Waals surface area contributed by atoms with E-state index in [2.05, 4.69) is 22.5 Å². The maximum absolute atomic E-state index is 14.9. The highest BCUT2D eigenvalue weighted by Crippen LogP contribution is 2.67. The number of aromatic nitrogens is 1. The van der Waals surface area contributed by atoms with E-state index < -0.39 is 28.8 Å². The highest BCUT2D eigenvalue weighted by molar-refractivity contribution is 5.86. The first-order chi connectivity index (χ1) is 16.3. The molecule has 0 bridgehead atoms. The Morgan fingerprint density at radius 2 is 2.03 bits per heavy atom. The topological polar surface area (TPSA) is 68.7 Å². The van der Waals surface area contributed by atoms with Crippen molar-refractivity contribution in [2.24, 2.45) is 0 Å². The second-order valence-corrected chi connectivity index (χ2v) is 10.8. The van der Waals surface area contributed by atoms with Crippen LogP contribution in [0.25, 0.3) is 10.9 Å². The SMILES string of the molecule is C=C[C@H]1N(CC2(F)CC2)CC[C@]23c4c(C)ccc(O)c4O[C@H]2c2[nH]c4ccccc4c2C[C@@]13O. The van der Waals surface area contributed by atoms with Crippen molar-refractivity contribution in [3.8, 4) is 11.5 Å². The molecule has 5 nitrogen and oxygen atoms in total. The van der Waals surface area contributed by atoms with Crippen LogP contribution in [0.1, 0.15) is 47.8 Å². The summed E-state index contributed by atoms with van der Waals surface area (Å²) in [6, 6.07) is 11.2. The normalized spacial score (nSPS) is 32.9. The van der Waals surface area contributed by atoms with E-state index in [1.165, 1.54) is 0 Å². The number of phenols is 1. The summed E-state index contributed by atoms with van der Waals surface area (Å²) in [4.78, 5) is 5.66. The number of ether oxygens (including phenoxy) is 1. The van der Waals surface area contributed by atoms with E-state index in [1.807, 2.05) is 31.2 Å². The van der Waals surface area contributed by atoms with E-state index in [4.69, 9.17) is 4.74 Å². The summed E-state index contributed by atoms with van der Waals surface area (Å²) in [5.41, 5.74) is 1.59. The molecule has 0 unspecified atom stereocenters. The highest BCUT2D eigenvalue weighted by Gasteiger charge is 2.70. The lowest BCUT2D eigenvalue weighted by molar-refractivity contribution is -0.157. The number of aromatic amines is 1. The van der Waals surface area contributed by atoms with Crippen LogP contribution in [0.2, 0.25) is 0 Å². The quantitative estimate of drug-likeness (QED) is 0.500. The molecule has 3 N–H and O–H groups in total. The van der Waals surface area contributed by atoms with Crippen LogP contribution in [0.5, 0.6) is 11.5 Å². The number of aromatic hydroxyl groups is 1. The van der Waals surface area contributed by atoms with Crippen molar-refractivity contribution in [3.05, 3.63) is 71.4 Å². The van der Waals surface area contributed by atoms with Crippen LogP contribution < -0.4 is 4.74 Å². The van der Waals surface area contributed by atoms with Gasteiger partial charge in [0.15, 0.2) is 17.6 Å². The first-order valence-corrected chi connectivity index (χ1v) is 12.2. The Balaban J connectivity index is 1.50. The van der Waals surface area contributed by atoms with Crippen molar-refractivity contribution < 1.29 is 19.3 Å². The lowest BCUT2D eigenvalue weighted by atomic mass is 9.52. The molecule has 3 aromatic rings. The van der Waals surface area contributed by atoms with Gasteiger partial charge in [0.2, 0.25) is 0 Å². The fraction of sp³-hybridized carbons (Fsp3) is 0.429. The third-order valence-electron chi connectivity index (χ3n) is 8.98. The number of para-hydroxylation sites is 1. The number of fused-ring (bicyclic) bond motifs is 5. The third-order valence-corrected chi connectivity index (χ3v) is 8.98. The van der Waals surface area contributed by atoms with Crippen LogP contribution >= 0.6 is 0 Å². The van der Waals surface area contributed by atoms with Crippen LogP contribution in [0.3, 0.4) is 0 Å². The zero-order chi connectivity index (χ0) is 23.5. The van der Waals surface area contributed by atoms with Gasteiger partial charge in [-0.2, -0.15) is 0 Å². The number of halogens is 1. The monoisotopic (exact) mass is 460 g/mol. The minimum absolute atomic E-state index is 0.0858. The number of likely N-dealkylation sites (tertiary alicyclic amines) is 1. The molecule has 4 aliphatic rings. The molecule has 4 atom stereocenters. The molecule has 7 rings (SSSR count). The van der Waals surface area contributed by atoms with Crippen LogP contribution in [0, 0.1) is 6.92 Å². The standard InChI is InChI=1S/C28H29FN2O3/c1-3-21-28(33)14-18-17-6-4-5-7-19(17)30-23(18)25-27(28,12-13-31(21)15-26(29)10-11-26)22-16(2)8-9-20(32)24(22)34-25/h3-9,21,25,30,32-33H,1,10-15H2,2H3/t21-,25+,27+,28-/m1/s1. The minimum Gasteiger partial charge on any atom is -0.504 e. The zero-order valence-electron chi connectivity index (χ0n) is 19.3. The first kappa shape index (κ1) is 20.5. The summed E-state index contributed by atoms with van der Waals surface area (Å²) in [6.07, 6.45) is 3.45. The Morgan fingerprint density at radius 3 is 2.79 bits per heavy atom. The van der Waals surface area contributed by atoms with Crippen molar-refractivity contribution in [3.63, 3.8) is 0 Å². The number of hydrogen-bond acceptors (Lipinski definition) is 4. The molecule has 1 saturated carbocycles. The molecule has 0 radical (unpaired) electrons. The Kier molecular flexibility index (Phi) is 3.89. The van der Waals surface area contributed by atoms with Gasteiger partial charge in [-0.15, -0.1) is 6.58 Å². The lowest BCUT2D eigenvalue weighted by Gasteiger charge is -2.59. The van der Waals surface area contributed by atoms with Gasteiger partial charge < -0.3 is 19.9 Å². The smallest absolute Gasteiger partial charge is 0.166 e. The van der Waals surface area contributed by atoms with Crippen molar-refractivity contribution in [2.45, 2.75) is 61.4 Å². The summed E-state index contributed by atoms with van der Waals surface area (Å²) in [7, 11) is 0. The molecule has 34 heavy (non-hydrogen) atoms. The molecular formula is C28H29FN2O3. The molecule has 176 valence electrons. The number of aryl methyl sites for hydroxylation is 1. The number of H-pyrrole nitrogens is 1. The fourth-order valence-corrected chi connectivity index (χ4v) is 7.29. The Morgan fingerprint density at radius 1 is 1.24 bits per heavy atom. The van der Waals surface area contributed by atoms with Crippen LogP contribution in [0.4, 0.5) is 4.39 Å². The molecule has 2 aliphatic carbocycles. The molecule has 1 saturated heterocycles. The molecule has 6 heteroatoms. The second-order valence-electron chi connectivity index (χ2n) is 10.8. The van der Waals surface area contributed by atoms with E-state index >= 15 is 0 Å². The van der Waals surface area contributed by atoms with Crippen molar-refractivity contribution >= 4 is 10.9 Å². The predicted octanol–water partition coefficient (Wildman–Crippen LogP) is 4.60. The summed E-state index contributed by atoms with van der Waals surface area (Å²) >= 11 is 0. The van der Waals surface area contributed by atoms with Gasteiger partial charge in [0.05, 0.1) is 17.2 Å². The molecule has 0 amide bonds. The number of alkyl halides is 1. The Hall–Kier alpha value is -2.83. The molecule has 2 aromatic carbocycles. The number of nitrogens with zero attached hydrogens (tertiary/aromatic N) is 1. The zero-order valence-corrected chi connectivity index (χ0v) is 19.3. The summed E-state index contributed by atoms with van der Waals surface area (Å²) in [5, 5.41) is 24.7. The average Bonchev–Trinajstić information content (AvgIpc) is 3.26. The second kappa shape index (κ2) is 6.43. The number of benzene rings is 2.